The van der Waals surface area contributed by atoms with Gasteiger partial charge in [-0.2, -0.15) is 0 Å². The maximum Gasteiger partial charge on any atom is 0.334 e. The van der Waals surface area contributed by atoms with E-state index in [1.165, 1.54) is 0 Å². The van der Waals surface area contributed by atoms with E-state index in [2.05, 4.69) is 24.1 Å². The van der Waals surface area contributed by atoms with Gasteiger partial charge in [0, 0.05) is 42.5 Å². The molecule has 5 rings (SSSR count). The minimum Gasteiger partial charge on any atom is -0.478 e. The van der Waals surface area contributed by atoms with Crippen molar-refractivity contribution in [1.82, 2.24) is 4.90 Å². The number of hydrogen-bond donors (Lipinski definition) is 3. The number of carbonyl (C=O) groups excluding carboxylic acids is 1. The second kappa shape index (κ2) is 5.59. The molecule has 2 saturated carbocycles. The highest BCUT2D eigenvalue weighted by Crippen LogP contribution is 2.80. The van der Waals surface area contributed by atoms with E-state index in [0.717, 1.165) is 18.4 Å². The average Bonchev–Trinajstić information content (AvgIpc) is 3.06. The van der Waals surface area contributed by atoms with Gasteiger partial charge in [-0.3, -0.25) is 9.79 Å². The quantitative estimate of drug-likeness (QED) is 0.280. The summed E-state index contributed by atoms with van der Waals surface area (Å²) < 4.78 is 0. The van der Waals surface area contributed by atoms with E-state index in [4.69, 9.17) is 5.73 Å². The summed E-state index contributed by atoms with van der Waals surface area (Å²) in [6.45, 7) is 2.76. The van der Waals surface area contributed by atoms with Crippen molar-refractivity contribution >= 4 is 18.2 Å². The lowest BCUT2D eigenvalue weighted by atomic mass is 9.41. The Morgan fingerprint density at radius 1 is 1.34 bits per heavy atom. The fraction of sp³-hybridized carbons (Fsp3) is 0.591. The maximum absolute atomic E-state index is 12.3. The zero-order chi connectivity index (χ0) is 20.8. The lowest BCUT2D eigenvalue weighted by molar-refractivity contribution is -0.151. The number of nitrogens with two attached hydrogens (primary N) is 1. The Morgan fingerprint density at radius 2 is 2.10 bits per heavy atom. The summed E-state index contributed by atoms with van der Waals surface area (Å²) in [5.41, 5.74) is 3.98. The zero-order valence-electron chi connectivity index (χ0n) is 16.7. The van der Waals surface area contributed by atoms with Crippen molar-refractivity contribution in [2.75, 3.05) is 13.6 Å². The molecule has 0 radical (unpaired) electrons. The van der Waals surface area contributed by atoms with Crippen LogP contribution in [0.2, 0.25) is 0 Å². The van der Waals surface area contributed by atoms with Gasteiger partial charge >= 0.3 is 5.97 Å². The van der Waals surface area contributed by atoms with Gasteiger partial charge < -0.3 is 20.8 Å². The SMILES string of the molecule is CN=C(N)N1C=CC2C=CC3C(O)(C=O)C(C(=O)O)=C4CC5CCC(C)C43C25C1. The maximum atomic E-state index is 12.3. The van der Waals surface area contributed by atoms with Crippen molar-refractivity contribution in [3.05, 3.63) is 35.6 Å². The fourth-order valence-corrected chi connectivity index (χ4v) is 7.95. The number of carbonyl (C=O) groups is 2. The molecule has 4 aliphatic carbocycles. The molecule has 2 fully saturated rings. The van der Waals surface area contributed by atoms with Gasteiger partial charge in [-0.25, -0.2) is 4.79 Å². The molecule has 7 heteroatoms. The Balaban J connectivity index is 1.84. The Hall–Kier alpha value is -2.41. The van der Waals surface area contributed by atoms with E-state index in [1.807, 2.05) is 17.2 Å². The van der Waals surface area contributed by atoms with Gasteiger partial charge in [0.1, 0.15) is 0 Å². The monoisotopic (exact) mass is 397 g/mol. The minimum absolute atomic E-state index is 0.0864. The highest BCUT2D eigenvalue weighted by atomic mass is 16.4. The fourth-order valence-electron chi connectivity index (χ4n) is 7.95. The van der Waals surface area contributed by atoms with Crippen LogP contribution in [0.3, 0.4) is 0 Å². The molecule has 5 aliphatic rings. The summed E-state index contributed by atoms with van der Waals surface area (Å²) in [6, 6.07) is 0. The van der Waals surface area contributed by atoms with Crippen LogP contribution in [0.1, 0.15) is 26.2 Å². The van der Waals surface area contributed by atoms with Gasteiger partial charge in [0.2, 0.25) is 0 Å². The van der Waals surface area contributed by atoms with Crippen LogP contribution in [0.15, 0.2) is 40.6 Å². The van der Waals surface area contributed by atoms with Crippen LogP contribution >= 0.6 is 0 Å². The molecule has 7 atom stereocenters. The number of hydrogen-bond acceptors (Lipinski definition) is 4. The van der Waals surface area contributed by atoms with Gasteiger partial charge in [-0.05, 0) is 36.7 Å². The molecule has 1 aliphatic heterocycles. The molecule has 0 aromatic rings. The number of nitrogens with zero attached hydrogens (tertiary/aromatic N) is 2. The number of carboxylic acids is 1. The molecule has 1 heterocycles. The van der Waals surface area contributed by atoms with Crippen LogP contribution in [0.4, 0.5) is 0 Å². The molecule has 4 N–H and O–H groups in total. The third-order valence-electron chi connectivity index (χ3n) is 8.77. The van der Waals surface area contributed by atoms with Crippen molar-refractivity contribution in [2.45, 2.75) is 31.8 Å². The summed E-state index contributed by atoms with van der Waals surface area (Å²) >= 11 is 0. The minimum atomic E-state index is -2.00. The summed E-state index contributed by atoms with van der Waals surface area (Å²) in [4.78, 5) is 30.6. The molecule has 2 spiro atoms. The molecule has 2 bridgehead atoms. The van der Waals surface area contributed by atoms with Gasteiger partial charge in [-0.15, -0.1) is 0 Å². The third kappa shape index (κ3) is 1.77. The molecule has 154 valence electrons. The molecule has 29 heavy (non-hydrogen) atoms. The zero-order valence-corrected chi connectivity index (χ0v) is 16.7. The number of guanidine groups is 1. The molecule has 7 unspecified atom stereocenters. The van der Waals surface area contributed by atoms with Crippen molar-refractivity contribution in [1.29, 1.82) is 0 Å². The predicted octanol–water partition coefficient (Wildman–Crippen LogP) is 1.31. The molecule has 7 nitrogen and oxygen atoms in total. The van der Waals surface area contributed by atoms with Gasteiger partial charge in [0.05, 0.1) is 5.57 Å². The Morgan fingerprint density at radius 3 is 2.76 bits per heavy atom. The van der Waals surface area contributed by atoms with Crippen molar-refractivity contribution in [3.63, 3.8) is 0 Å². The Bertz CT molecular complexity index is 936. The first-order valence-electron chi connectivity index (χ1n) is 10.3. The number of rotatable bonds is 2. The summed E-state index contributed by atoms with van der Waals surface area (Å²) in [5.74, 6) is -0.816. The molecular formula is C22H27N3O4. The van der Waals surface area contributed by atoms with Crippen molar-refractivity contribution < 1.29 is 19.8 Å². The molecule has 0 amide bonds. The Kier molecular flexibility index (Phi) is 3.59. The van der Waals surface area contributed by atoms with E-state index in [1.54, 1.807) is 7.05 Å². The van der Waals surface area contributed by atoms with Gasteiger partial charge in [0.15, 0.2) is 17.8 Å². The average molecular weight is 397 g/mol. The van der Waals surface area contributed by atoms with Crippen LogP contribution in [0.5, 0.6) is 0 Å². The molecule has 0 aromatic carbocycles. The number of aliphatic imine (C=N–C) groups is 1. The van der Waals surface area contributed by atoms with Crippen LogP contribution in [-0.4, -0.2) is 52.5 Å². The lowest BCUT2D eigenvalue weighted by Crippen LogP contribution is -2.65. The lowest BCUT2D eigenvalue weighted by Gasteiger charge is -2.64. The topological polar surface area (TPSA) is 116 Å². The van der Waals surface area contributed by atoms with Crippen LogP contribution < -0.4 is 5.73 Å². The summed E-state index contributed by atoms with van der Waals surface area (Å²) in [5, 5.41) is 21.5. The summed E-state index contributed by atoms with van der Waals surface area (Å²) in [7, 11) is 1.65. The largest absolute Gasteiger partial charge is 0.478 e. The number of allylic oxidation sites excluding steroid dienone is 3. The second-order valence-electron chi connectivity index (χ2n) is 9.33. The van der Waals surface area contributed by atoms with E-state index in [9.17, 15) is 19.8 Å². The van der Waals surface area contributed by atoms with Gasteiger partial charge in [-0.1, -0.05) is 25.2 Å². The molecule has 0 saturated heterocycles. The van der Waals surface area contributed by atoms with E-state index >= 15 is 0 Å². The van der Waals surface area contributed by atoms with Crippen LogP contribution in [-0.2, 0) is 9.59 Å². The normalized spacial score (nSPS) is 47.3. The number of carboxylic acid groups (broad SMARTS) is 1. The van der Waals surface area contributed by atoms with Crippen LogP contribution in [0, 0.1) is 34.5 Å². The smallest absolute Gasteiger partial charge is 0.334 e. The van der Waals surface area contributed by atoms with Crippen molar-refractivity contribution in [2.24, 2.45) is 45.2 Å². The van der Waals surface area contributed by atoms with E-state index in [0.29, 0.717) is 25.2 Å². The summed E-state index contributed by atoms with van der Waals surface area (Å²) in [6.07, 6.45) is 11.1. The van der Waals surface area contributed by atoms with Gasteiger partial charge in [0.25, 0.3) is 0 Å². The van der Waals surface area contributed by atoms with E-state index in [-0.39, 0.29) is 28.7 Å². The first kappa shape index (κ1) is 18.6. The first-order chi connectivity index (χ1) is 13.8. The van der Waals surface area contributed by atoms with Crippen LogP contribution in [0.25, 0.3) is 0 Å². The number of aliphatic carboxylic acids is 1. The third-order valence-corrected chi connectivity index (χ3v) is 8.77. The molecule has 0 aromatic heterocycles. The standard InChI is InChI=1S/C22H27N3O4/c1-12-3-4-14-9-15-17(18(27)28)21(29,11-26)16-6-5-13-7-8-25(19(23)24-2)10-20(13,14)22(12,15)16/h5-8,11-14,16,29H,3-4,9-10H2,1-2H3,(H2,23,24)(H,27,28). The highest BCUT2D eigenvalue weighted by molar-refractivity contribution is 5.98. The Labute approximate surface area is 169 Å². The first-order valence-corrected chi connectivity index (χ1v) is 10.3. The van der Waals surface area contributed by atoms with E-state index < -0.39 is 22.9 Å². The second-order valence-corrected chi connectivity index (χ2v) is 9.33. The highest BCUT2D eigenvalue weighted by Gasteiger charge is 2.79. The molecular weight excluding hydrogens is 370 g/mol. The van der Waals surface area contributed by atoms with Crippen molar-refractivity contribution in [3.8, 4) is 0 Å². The predicted molar refractivity (Wildman–Crippen MR) is 107 cm³/mol. The number of aliphatic hydroxyl groups is 1. The number of aldehydes is 1.